The number of nitrogens with zero attached hydrogens (tertiary/aromatic N) is 1. The highest BCUT2D eigenvalue weighted by atomic mass is 79.9. The first-order valence-electron chi connectivity index (χ1n) is 4.66. The Morgan fingerprint density at radius 3 is 2.05 bits per heavy atom. The third kappa shape index (κ3) is 3.93. The van der Waals surface area contributed by atoms with Crippen molar-refractivity contribution in [1.29, 1.82) is 0 Å². The van der Waals surface area contributed by atoms with Gasteiger partial charge in [0.15, 0.2) is 5.75 Å². The van der Waals surface area contributed by atoms with E-state index in [1.165, 1.54) is 0 Å². The Morgan fingerprint density at radius 1 is 1.15 bits per heavy atom. The van der Waals surface area contributed by atoms with E-state index in [1.807, 2.05) is 0 Å². The van der Waals surface area contributed by atoms with Gasteiger partial charge in [-0.2, -0.15) is 13.2 Å². The minimum atomic E-state index is -5.55. The van der Waals surface area contributed by atoms with Gasteiger partial charge in [0, 0.05) is 11.5 Å². The van der Waals surface area contributed by atoms with Crippen molar-refractivity contribution in [3.63, 3.8) is 0 Å². The highest BCUT2D eigenvalue weighted by molar-refractivity contribution is 9.08. The zero-order valence-corrected chi connectivity index (χ0v) is 10.7. The molecule has 0 aromatic carbocycles. The van der Waals surface area contributed by atoms with Crippen molar-refractivity contribution in [3.05, 3.63) is 23.0 Å². The normalized spacial score (nSPS) is 12.9. The van der Waals surface area contributed by atoms with Crippen molar-refractivity contribution in [2.75, 3.05) is 0 Å². The SMILES string of the molecule is FC(F)c1cnc(CBr)c(C(F)(F)F)c1OC(F)(F)F. The summed E-state index contributed by atoms with van der Waals surface area (Å²) in [5.41, 5.74) is -4.45. The summed E-state index contributed by atoms with van der Waals surface area (Å²) in [6.45, 7) is 0. The van der Waals surface area contributed by atoms with Gasteiger partial charge in [-0.05, 0) is 0 Å². The Balaban J connectivity index is 3.61. The van der Waals surface area contributed by atoms with Gasteiger partial charge < -0.3 is 4.74 Å². The van der Waals surface area contributed by atoms with Crippen LogP contribution in [0.15, 0.2) is 6.20 Å². The molecule has 2 nitrogen and oxygen atoms in total. The van der Waals surface area contributed by atoms with E-state index in [0.717, 1.165) is 0 Å². The lowest BCUT2D eigenvalue weighted by Gasteiger charge is -2.20. The molecule has 20 heavy (non-hydrogen) atoms. The Morgan fingerprint density at radius 2 is 1.70 bits per heavy atom. The lowest BCUT2D eigenvalue weighted by atomic mass is 10.1. The van der Waals surface area contributed by atoms with E-state index < -0.39 is 46.9 Å². The number of ether oxygens (including phenoxy) is 1. The lowest BCUT2D eigenvalue weighted by Crippen LogP contribution is -2.23. The van der Waals surface area contributed by atoms with Gasteiger partial charge in [-0.25, -0.2) is 8.78 Å². The molecule has 1 rings (SSSR count). The van der Waals surface area contributed by atoms with E-state index in [1.54, 1.807) is 0 Å². The molecule has 0 atom stereocenters. The average molecular weight is 374 g/mol. The van der Waals surface area contributed by atoms with Crippen molar-refractivity contribution in [2.24, 2.45) is 0 Å². The van der Waals surface area contributed by atoms with Crippen LogP contribution in [0.5, 0.6) is 5.75 Å². The maximum Gasteiger partial charge on any atom is 0.573 e. The molecule has 1 aromatic rings. The molecule has 0 radical (unpaired) electrons. The Bertz CT molecular complexity index is 484. The summed E-state index contributed by atoms with van der Waals surface area (Å²) in [6, 6.07) is 0. The number of pyridine rings is 1. The molecule has 0 bridgehead atoms. The van der Waals surface area contributed by atoms with E-state index >= 15 is 0 Å². The van der Waals surface area contributed by atoms with Gasteiger partial charge in [0.25, 0.3) is 6.43 Å². The number of hydrogen-bond acceptors (Lipinski definition) is 2. The quantitative estimate of drug-likeness (QED) is 0.559. The number of halogens is 9. The molecule has 1 aromatic heterocycles. The lowest BCUT2D eigenvalue weighted by molar-refractivity contribution is -0.276. The first-order valence-corrected chi connectivity index (χ1v) is 5.78. The van der Waals surface area contributed by atoms with Crippen LogP contribution in [-0.2, 0) is 11.5 Å². The second kappa shape index (κ2) is 5.70. The molecule has 11 heteroatoms. The minimum Gasteiger partial charge on any atom is -0.404 e. The van der Waals surface area contributed by atoms with Gasteiger partial charge in [-0.3, -0.25) is 4.98 Å². The summed E-state index contributed by atoms with van der Waals surface area (Å²) in [5.74, 6) is -1.98. The number of hydrogen-bond donors (Lipinski definition) is 0. The molecule has 0 spiro atoms. The molecule has 1 heterocycles. The molecule has 0 aliphatic rings. The summed E-state index contributed by atoms with van der Waals surface area (Å²) in [4.78, 5) is 3.08. The maximum atomic E-state index is 12.8. The monoisotopic (exact) mass is 373 g/mol. The standard InChI is InChI=1S/C9H4BrF8NO/c10-1-4-5(8(13,14)15)6(20-9(16,17)18)3(2-19-4)7(11)12/h2,7H,1H2. The van der Waals surface area contributed by atoms with Gasteiger partial charge in [0.2, 0.25) is 0 Å². The first-order chi connectivity index (χ1) is 8.97. The Labute approximate surface area is 114 Å². The van der Waals surface area contributed by atoms with Crippen molar-refractivity contribution in [2.45, 2.75) is 24.3 Å². The zero-order chi connectivity index (χ0) is 15.7. The second-order valence-corrected chi connectivity index (χ2v) is 3.90. The smallest absolute Gasteiger partial charge is 0.404 e. The van der Waals surface area contributed by atoms with Crippen LogP contribution in [0.25, 0.3) is 0 Å². The molecule has 0 unspecified atom stereocenters. The molecule has 0 fully saturated rings. The molecule has 0 aliphatic carbocycles. The second-order valence-electron chi connectivity index (χ2n) is 3.34. The van der Waals surface area contributed by atoms with Gasteiger partial charge >= 0.3 is 12.5 Å². The van der Waals surface area contributed by atoms with Gasteiger partial charge in [-0.15, -0.1) is 13.2 Å². The van der Waals surface area contributed by atoms with Crippen LogP contribution in [0.1, 0.15) is 23.2 Å². The molecule has 0 N–H and O–H groups in total. The molecule has 0 aliphatic heterocycles. The summed E-state index contributed by atoms with van der Waals surface area (Å²) in [7, 11) is 0. The van der Waals surface area contributed by atoms with Crippen molar-refractivity contribution >= 4 is 15.9 Å². The van der Waals surface area contributed by atoms with E-state index in [0.29, 0.717) is 0 Å². The summed E-state index contributed by atoms with van der Waals surface area (Å²) < 4.78 is 103. The van der Waals surface area contributed by atoms with Crippen LogP contribution >= 0.6 is 15.9 Å². The van der Waals surface area contributed by atoms with Crippen molar-refractivity contribution < 1.29 is 39.9 Å². The molecule has 0 saturated carbocycles. The van der Waals surface area contributed by atoms with Crippen molar-refractivity contribution in [3.8, 4) is 5.75 Å². The van der Waals surface area contributed by atoms with Crippen LogP contribution in [-0.4, -0.2) is 11.3 Å². The van der Waals surface area contributed by atoms with E-state index in [9.17, 15) is 35.1 Å². The number of rotatable bonds is 3. The largest absolute Gasteiger partial charge is 0.573 e. The highest BCUT2D eigenvalue weighted by Gasteiger charge is 2.44. The fraction of sp³-hybridized carbons (Fsp3) is 0.444. The van der Waals surface area contributed by atoms with E-state index in [-0.39, 0.29) is 6.20 Å². The summed E-state index contributed by atoms with van der Waals surface area (Å²) in [5, 5.41) is -0.584. The van der Waals surface area contributed by atoms with Gasteiger partial charge in [0.05, 0.1) is 11.3 Å². The third-order valence-electron chi connectivity index (χ3n) is 2.00. The van der Waals surface area contributed by atoms with Gasteiger partial charge in [-0.1, -0.05) is 15.9 Å². The van der Waals surface area contributed by atoms with E-state index in [2.05, 4.69) is 25.7 Å². The molecule has 0 amide bonds. The molecule has 114 valence electrons. The predicted octanol–water partition coefficient (Wildman–Crippen LogP) is 4.83. The average Bonchev–Trinajstić information content (AvgIpc) is 2.23. The maximum absolute atomic E-state index is 12.8. The Kier molecular flexibility index (Phi) is 4.82. The number of alkyl halides is 9. The van der Waals surface area contributed by atoms with Crippen LogP contribution in [0.4, 0.5) is 35.1 Å². The highest BCUT2D eigenvalue weighted by Crippen LogP contribution is 2.44. The van der Waals surface area contributed by atoms with Crippen LogP contribution in [0.2, 0.25) is 0 Å². The third-order valence-corrected chi connectivity index (χ3v) is 2.53. The Hall–Kier alpha value is -1.13. The van der Waals surface area contributed by atoms with Crippen LogP contribution in [0.3, 0.4) is 0 Å². The fourth-order valence-corrected chi connectivity index (χ4v) is 1.75. The molecule has 0 saturated heterocycles. The first kappa shape index (κ1) is 16.9. The van der Waals surface area contributed by atoms with Crippen LogP contribution < -0.4 is 4.74 Å². The minimum absolute atomic E-state index is 0.220. The van der Waals surface area contributed by atoms with Crippen LogP contribution in [0, 0.1) is 0 Å². The van der Waals surface area contributed by atoms with Crippen molar-refractivity contribution in [1.82, 2.24) is 4.98 Å². The number of aromatic nitrogens is 1. The zero-order valence-electron chi connectivity index (χ0n) is 9.12. The topological polar surface area (TPSA) is 22.1 Å². The summed E-state index contributed by atoms with van der Waals surface area (Å²) >= 11 is 2.59. The fourth-order valence-electron chi connectivity index (χ4n) is 1.32. The summed E-state index contributed by atoms with van der Waals surface area (Å²) in [6.07, 6.45) is -14.3. The van der Waals surface area contributed by atoms with E-state index in [4.69, 9.17) is 0 Å². The van der Waals surface area contributed by atoms with Gasteiger partial charge in [0.1, 0.15) is 5.56 Å². The molecular formula is C9H4BrF8NO. The molecular weight excluding hydrogens is 370 g/mol. The predicted molar refractivity (Wildman–Crippen MR) is 53.5 cm³/mol.